The fraction of sp³-hybridized carbons (Fsp3) is 0.600. The summed E-state index contributed by atoms with van der Waals surface area (Å²) in [6.07, 6.45) is 1.49. The van der Waals surface area contributed by atoms with Crippen LogP contribution >= 0.6 is 0 Å². The molecule has 1 aliphatic carbocycles. The number of amides is 2. The molecule has 2 rings (SSSR count). The van der Waals surface area contributed by atoms with E-state index in [1.807, 2.05) is 13.8 Å². The van der Waals surface area contributed by atoms with Crippen LogP contribution in [0.2, 0.25) is 0 Å². The number of carboxylic acid groups (broad SMARTS) is 1. The third-order valence-electron chi connectivity index (χ3n) is 4.92. The minimum Gasteiger partial charge on any atom is -0.481 e. The molecule has 1 aliphatic rings. The number of hydrogen-bond acceptors (Lipinski definition) is 3. The second-order valence-corrected chi connectivity index (χ2v) is 7.70. The summed E-state index contributed by atoms with van der Waals surface area (Å²) in [5.41, 5.74) is 0.555. The van der Waals surface area contributed by atoms with Crippen molar-refractivity contribution in [2.45, 2.75) is 51.7 Å². The smallest absolute Gasteiger partial charge is 0.317 e. The lowest BCUT2D eigenvalue weighted by Gasteiger charge is -2.32. The van der Waals surface area contributed by atoms with Gasteiger partial charge in [-0.3, -0.25) is 4.79 Å². The van der Waals surface area contributed by atoms with Gasteiger partial charge in [-0.05, 0) is 49.3 Å². The van der Waals surface area contributed by atoms with Crippen molar-refractivity contribution in [3.63, 3.8) is 0 Å². The van der Waals surface area contributed by atoms with Crippen LogP contribution in [-0.4, -0.2) is 46.2 Å². The maximum absolute atomic E-state index is 13.1. The number of nitrogens with zero attached hydrogens (tertiary/aromatic N) is 1. The molecular weight excluding hydrogens is 351 g/mol. The van der Waals surface area contributed by atoms with Crippen molar-refractivity contribution in [1.82, 2.24) is 10.2 Å². The van der Waals surface area contributed by atoms with Gasteiger partial charge in [-0.15, -0.1) is 0 Å². The zero-order valence-electron chi connectivity index (χ0n) is 15.9. The van der Waals surface area contributed by atoms with Crippen molar-refractivity contribution in [2.24, 2.45) is 11.8 Å². The number of halogens is 1. The molecule has 0 saturated heterocycles. The van der Waals surface area contributed by atoms with Gasteiger partial charge in [0.15, 0.2) is 0 Å². The van der Waals surface area contributed by atoms with Crippen LogP contribution < -0.4 is 5.32 Å². The molecule has 7 heteroatoms. The SMILES string of the molecule is CC(C)CN(CC(O)c1ccc(F)cc1)C(=O)NC1CCC(C(=O)O)CC1. The van der Waals surface area contributed by atoms with Gasteiger partial charge in [0.2, 0.25) is 0 Å². The summed E-state index contributed by atoms with van der Waals surface area (Å²) in [6, 6.07) is 5.28. The Balaban J connectivity index is 1.95. The third-order valence-corrected chi connectivity index (χ3v) is 4.92. The third kappa shape index (κ3) is 6.50. The Hall–Kier alpha value is -2.15. The molecule has 1 fully saturated rings. The number of nitrogens with one attached hydrogen (secondary N) is 1. The first-order valence-corrected chi connectivity index (χ1v) is 9.48. The number of urea groups is 1. The topological polar surface area (TPSA) is 89.9 Å². The summed E-state index contributed by atoms with van der Waals surface area (Å²) in [7, 11) is 0. The first kappa shape index (κ1) is 21.2. The van der Waals surface area contributed by atoms with Gasteiger partial charge in [0.05, 0.1) is 18.6 Å². The number of carbonyl (C=O) groups excluding carboxylic acids is 1. The summed E-state index contributed by atoms with van der Waals surface area (Å²) in [6.45, 7) is 4.57. The first-order valence-electron chi connectivity index (χ1n) is 9.48. The van der Waals surface area contributed by atoms with E-state index in [1.54, 1.807) is 4.90 Å². The number of aliphatic hydroxyl groups excluding tert-OH is 1. The van der Waals surface area contributed by atoms with Crippen LogP contribution in [0.1, 0.15) is 51.2 Å². The fourth-order valence-corrected chi connectivity index (χ4v) is 3.43. The molecule has 1 aromatic carbocycles. The Morgan fingerprint density at radius 1 is 1.15 bits per heavy atom. The van der Waals surface area contributed by atoms with Gasteiger partial charge in [-0.25, -0.2) is 9.18 Å². The van der Waals surface area contributed by atoms with Crippen LogP contribution in [0.15, 0.2) is 24.3 Å². The maximum atomic E-state index is 13.1. The molecule has 0 spiro atoms. The highest BCUT2D eigenvalue weighted by Crippen LogP contribution is 2.25. The van der Waals surface area contributed by atoms with Gasteiger partial charge in [0, 0.05) is 12.6 Å². The van der Waals surface area contributed by atoms with Crippen molar-refractivity contribution in [1.29, 1.82) is 0 Å². The van der Waals surface area contributed by atoms with Crippen molar-refractivity contribution in [3.05, 3.63) is 35.6 Å². The largest absolute Gasteiger partial charge is 0.481 e. The summed E-state index contributed by atoms with van der Waals surface area (Å²) in [4.78, 5) is 25.3. The fourth-order valence-electron chi connectivity index (χ4n) is 3.43. The summed E-state index contributed by atoms with van der Waals surface area (Å²) >= 11 is 0. The molecule has 1 unspecified atom stereocenters. The van der Waals surface area contributed by atoms with E-state index in [9.17, 15) is 19.1 Å². The van der Waals surface area contributed by atoms with Gasteiger partial charge in [0.1, 0.15) is 5.82 Å². The summed E-state index contributed by atoms with van der Waals surface area (Å²) < 4.78 is 13.1. The predicted octanol–water partition coefficient (Wildman–Crippen LogP) is 3.17. The van der Waals surface area contributed by atoms with E-state index in [0.717, 1.165) is 0 Å². The minimum absolute atomic E-state index is 0.0503. The molecule has 0 heterocycles. The Morgan fingerprint density at radius 3 is 2.26 bits per heavy atom. The molecule has 150 valence electrons. The number of carboxylic acids is 1. The molecule has 0 aromatic heterocycles. The van der Waals surface area contributed by atoms with E-state index >= 15 is 0 Å². The average molecular weight is 380 g/mol. The molecule has 0 radical (unpaired) electrons. The number of rotatable bonds is 7. The second-order valence-electron chi connectivity index (χ2n) is 7.70. The van der Waals surface area contributed by atoms with E-state index in [2.05, 4.69) is 5.32 Å². The highest BCUT2D eigenvalue weighted by atomic mass is 19.1. The monoisotopic (exact) mass is 380 g/mol. The van der Waals surface area contributed by atoms with E-state index in [0.29, 0.717) is 37.8 Å². The number of aliphatic carboxylic acids is 1. The van der Waals surface area contributed by atoms with Gasteiger partial charge >= 0.3 is 12.0 Å². The molecule has 1 atom stereocenters. The molecule has 6 nitrogen and oxygen atoms in total. The van der Waals surface area contributed by atoms with Crippen molar-refractivity contribution in [2.75, 3.05) is 13.1 Å². The number of hydrogen-bond donors (Lipinski definition) is 3. The number of carbonyl (C=O) groups is 2. The lowest BCUT2D eigenvalue weighted by Crippen LogP contribution is -2.48. The van der Waals surface area contributed by atoms with Crippen molar-refractivity contribution < 1.29 is 24.2 Å². The summed E-state index contributed by atoms with van der Waals surface area (Å²) in [5.74, 6) is -1.26. The van der Waals surface area contributed by atoms with E-state index in [1.165, 1.54) is 24.3 Å². The maximum Gasteiger partial charge on any atom is 0.317 e. The molecule has 2 amide bonds. The molecule has 27 heavy (non-hydrogen) atoms. The van der Waals surface area contributed by atoms with Crippen LogP contribution in [0, 0.1) is 17.7 Å². The minimum atomic E-state index is -0.905. The molecule has 3 N–H and O–H groups in total. The molecule has 0 aliphatic heterocycles. The Bertz CT molecular complexity index is 627. The Morgan fingerprint density at radius 2 is 1.74 bits per heavy atom. The molecular formula is C20H29FN2O4. The number of aliphatic hydroxyl groups is 1. The van der Waals surface area contributed by atoms with Gasteiger partial charge in [0.25, 0.3) is 0 Å². The summed E-state index contributed by atoms with van der Waals surface area (Å²) in [5, 5.41) is 22.5. The van der Waals surface area contributed by atoms with Gasteiger partial charge in [-0.1, -0.05) is 26.0 Å². The van der Waals surface area contributed by atoms with Crippen molar-refractivity contribution in [3.8, 4) is 0 Å². The first-order chi connectivity index (χ1) is 12.8. The average Bonchev–Trinajstić information content (AvgIpc) is 2.61. The second kappa shape index (κ2) is 9.69. The van der Waals surface area contributed by atoms with E-state index in [4.69, 9.17) is 5.11 Å². The van der Waals surface area contributed by atoms with Crippen LogP contribution in [-0.2, 0) is 4.79 Å². The van der Waals surface area contributed by atoms with Crippen LogP contribution in [0.5, 0.6) is 0 Å². The van der Waals surface area contributed by atoms with Crippen LogP contribution in [0.4, 0.5) is 9.18 Å². The predicted molar refractivity (Wildman–Crippen MR) is 99.7 cm³/mol. The van der Waals surface area contributed by atoms with Gasteiger partial charge < -0.3 is 20.4 Å². The lowest BCUT2D eigenvalue weighted by atomic mass is 9.86. The Kier molecular flexibility index (Phi) is 7.59. The van der Waals surface area contributed by atoms with Crippen LogP contribution in [0.3, 0.4) is 0 Å². The van der Waals surface area contributed by atoms with Gasteiger partial charge in [-0.2, -0.15) is 0 Å². The molecule has 1 saturated carbocycles. The highest BCUT2D eigenvalue weighted by molar-refractivity contribution is 5.75. The normalized spacial score (nSPS) is 20.9. The number of benzene rings is 1. The zero-order chi connectivity index (χ0) is 20.0. The van der Waals surface area contributed by atoms with Crippen molar-refractivity contribution >= 4 is 12.0 Å². The lowest BCUT2D eigenvalue weighted by molar-refractivity contribution is -0.142. The van der Waals surface area contributed by atoms with Crippen LogP contribution in [0.25, 0.3) is 0 Å². The standard InChI is InChI=1S/C20H29FN2O4/c1-13(2)11-23(12-18(24)14-3-7-16(21)8-4-14)20(27)22-17-9-5-15(6-10-17)19(25)26/h3-4,7-8,13,15,17-18,24H,5-6,9-12H2,1-2H3,(H,22,27)(H,25,26). The quantitative estimate of drug-likeness (QED) is 0.678. The van der Waals surface area contributed by atoms with E-state index in [-0.39, 0.29) is 36.3 Å². The highest BCUT2D eigenvalue weighted by Gasteiger charge is 2.28. The molecule has 1 aromatic rings. The zero-order valence-corrected chi connectivity index (χ0v) is 15.9. The van der Waals surface area contributed by atoms with E-state index < -0.39 is 12.1 Å². The Labute approximate surface area is 159 Å². The molecule has 0 bridgehead atoms.